The van der Waals surface area contributed by atoms with Crippen LogP contribution >= 0.6 is 0 Å². The third kappa shape index (κ3) is 4.44. The number of hydrogen-bond donors (Lipinski definition) is 0. The first-order valence-corrected chi connectivity index (χ1v) is 7.88. The molecule has 0 aromatic carbocycles. The third-order valence-corrected chi connectivity index (χ3v) is 4.85. The lowest BCUT2D eigenvalue weighted by molar-refractivity contribution is -0.122. The standard InChI is InChI=1S/C16H28O/c17-16-12-11-14-9-7-5-3-1-2-4-6-8-10-15(14)13-16/h14-15H,1-13H2. The molecular weight excluding hydrogens is 208 g/mol. The van der Waals surface area contributed by atoms with Gasteiger partial charge in [0.1, 0.15) is 5.78 Å². The van der Waals surface area contributed by atoms with Crippen LogP contribution in [0.1, 0.15) is 83.5 Å². The molecule has 0 radical (unpaired) electrons. The maximum absolute atomic E-state index is 11.6. The van der Waals surface area contributed by atoms with Crippen LogP contribution < -0.4 is 0 Å². The highest BCUT2D eigenvalue weighted by molar-refractivity contribution is 5.79. The average molecular weight is 236 g/mol. The summed E-state index contributed by atoms with van der Waals surface area (Å²) in [6, 6.07) is 0. The topological polar surface area (TPSA) is 17.1 Å². The van der Waals surface area contributed by atoms with E-state index in [2.05, 4.69) is 0 Å². The lowest BCUT2D eigenvalue weighted by Crippen LogP contribution is -2.25. The molecule has 98 valence electrons. The smallest absolute Gasteiger partial charge is 0.133 e. The molecule has 0 aromatic heterocycles. The number of Topliss-reactive ketones (excluding diaryl/α,β-unsaturated/α-hetero) is 1. The molecule has 0 saturated heterocycles. The molecule has 2 fully saturated rings. The van der Waals surface area contributed by atoms with E-state index in [1.165, 1.54) is 70.6 Å². The third-order valence-electron chi connectivity index (χ3n) is 4.85. The van der Waals surface area contributed by atoms with Gasteiger partial charge >= 0.3 is 0 Å². The molecule has 0 N–H and O–H groups in total. The number of carbonyl (C=O) groups is 1. The molecule has 0 heterocycles. The molecule has 0 spiro atoms. The van der Waals surface area contributed by atoms with Gasteiger partial charge in [0, 0.05) is 12.8 Å². The van der Waals surface area contributed by atoms with Crippen LogP contribution in [-0.2, 0) is 4.79 Å². The second-order valence-electron chi connectivity index (χ2n) is 6.21. The molecule has 17 heavy (non-hydrogen) atoms. The van der Waals surface area contributed by atoms with Gasteiger partial charge in [-0.15, -0.1) is 0 Å². The molecule has 1 heteroatoms. The maximum atomic E-state index is 11.6. The van der Waals surface area contributed by atoms with Crippen LogP contribution in [0.15, 0.2) is 0 Å². The van der Waals surface area contributed by atoms with Crippen LogP contribution in [0.5, 0.6) is 0 Å². The zero-order chi connectivity index (χ0) is 11.9. The van der Waals surface area contributed by atoms with Gasteiger partial charge in [0.05, 0.1) is 0 Å². The molecule has 2 rings (SSSR count). The maximum Gasteiger partial charge on any atom is 0.133 e. The average Bonchev–Trinajstić information content (AvgIpc) is 2.31. The summed E-state index contributed by atoms with van der Waals surface area (Å²) in [7, 11) is 0. The Kier molecular flexibility index (Phi) is 5.54. The van der Waals surface area contributed by atoms with Gasteiger partial charge in [0.15, 0.2) is 0 Å². The van der Waals surface area contributed by atoms with Crippen molar-refractivity contribution < 1.29 is 4.79 Å². The van der Waals surface area contributed by atoms with Gasteiger partial charge in [-0.25, -0.2) is 0 Å². The van der Waals surface area contributed by atoms with E-state index < -0.39 is 0 Å². The van der Waals surface area contributed by atoms with E-state index in [-0.39, 0.29) is 0 Å². The molecule has 2 atom stereocenters. The highest BCUT2D eigenvalue weighted by atomic mass is 16.1. The van der Waals surface area contributed by atoms with Crippen molar-refractivity contribution in [3.8, 4) is 0 Å². The minimum absolute atomic E-state index is 0.540. The van der Waals surface area contributed by atoms with Gasteiger partial charge in [-0.3, -0.25) is 4.79 Å². The van der Waals surface area contributed by atoms with Crippen LogP contribution in [0.25, 0.3) is 0 Å². The Morgan fingerprint density at radius 3 is 1.82 bits per heavy atom. The van der Waals surface area contributed by atoms with Gasteiger partial charge in [-0.2, -0.15) is 0 Å². The fraction of sp³-hybridized carbons (Fsp3) is 0.938. The van der Waals surface area contributed by atoms with Crippen molar-refractivity contribution in [3.05, 3.63) is 0 Å². The van der Waals surface area contributed by atoms with E-state index in [1.807, 2.05) is 0 Å². The van der Waals surface area contributed by atoms with Crippen molar-refractivity contribution in [1.82, 2.24) is 0 Å². The van der Waals surface area contributed by atoms with E-state index in [0.29, 0.717) is 5.78 Å². The van der Waals surface area contributed by atoms with E-state index in [0.717, 1.165) is 24.7 Å². The minimum atomic E-state index is 0.540. The first-order valence-electron chi connectivity index (χ1n) is 7.88. The molecule has 2 aliphatic rings. The highest BCUT2D eigenvalue weighted by Crippen LogP contribution is 2.35. The Morgan fingerprint density at radius 1 is 0.647 bits per heavy atom. The summed E-state index contributed by atoms with van der Waals surface area (Å²) in [5.74, 6) is 2.17. The lowest BCUT2D eigenvalue weighted by atomic mass is 9.73. The molecule has 0 aliphatic heterocycles. The summed E-state index contributed by atoms with van der Waals surface area (Å²) in [4.78, 5) is 11.6. The SMILES string of the molecule is O=C1CCC2CCCCCCCCCCC2C1. The predicted octanol–water partition coefficient (Wildman–Crippen LogP) is 4.89. The summed E-state index contributed by atoms with van der Waals surface area (Å²) in [6.07, 6.45) is 17.1. The molecule has 0 bridgehead atoms. The second-order valence-corrected chi connectivity index (χ2v) is 6.21. The normalized spacial score (nSPS) is 33.3. The Bertz CT molecular complexity index is 234. The van der Waals surface area contributed by atoms with Crippen molar-refractivity contribution in [1.29, 1.82) is 0 Å². The molecule has 2 aliphatic carbocycles. The lowest BCUT2D eigenvalue weighted by Gasteiger charge is -2.31. The first-order chi connectivity index (χ1) is 8.36. The molecule has 1 nitrogen and oxygen atoms in total. The summed E-state index contributed by atoms with van der Waals surface area (Å²) in [5, 5.41) is 0. The van der Waals surface area contributed by atoms with Gasteiger partial charge in [-0.1, -0.05) is 57.8 Å². The van der Waals surface area contributed by atoms with Crippen LogP contribution in [-0.4, -0.2) is 5.78 Å². The summed E-state index contributed by atoms with van der Waals surface area (Å²) in [5.41, 5.74) is 0. The van der Waals surface area contributed by atoms with Crippen molar-refractivity contribution in [3.63, 3.8) is 0 Å². The van der Waals surface area contributed by atoms with Crippen molar-refractivity contribution in [2.75, 3.05) is 0 Å². The number of carbonyl (C=O) groups excluding carboxylic acids is 1. The van der Waals surface area contributed by atoms with Crippen molar-refractivity contribution in [2.45, 2.75) is 83.5 Å². The molecule has 0 amide bonds. The minimum Gasteiger partial charge on any atom is -0.300 e. The second kappa shape index (κ2) is 7.18. The highest BCUT2D eigenvalue weighted by Gasteiger charge is 2.28. The summed E-state index contributed by atoms with van der Waals surface area (Å²) < 4.78 is 0. The fourth-order valence-corrected chi connectivity index (χ4v) is 3.73. The Balaban J connectivity index is 1.85. The predicted molar refractivity (Wildman–Crippen MR) is 72.0 cm³/mol. The monoisotopic (exact) mass is 236 g/mol. The van der Waals surface area contributed by atoms with Crippen molar-refractivity contribution in [2.24, 2.45) is 11.8 Å². The molecule has 2 saturated carbocycles. The Hall–Kier alpha value is -0.330. The summed E-state index contributed by atoms with van der Waals surface area (Å²) >= 11 is 0. The van der Waals surface area contributed by atoms with Gasteiger partial charge in [-0.05, 0) is 24.7 Å². The van der Waals surface area contributed by atoms with Crippen LogP contribution in [0.4, 0.5) is 0 Å². The largest absolute Gasteiger partial charge is 0.300 e. The quantitative estimate of drug-likeness (QED) is 0.585. The van der Waals surface area contributed by atoms with E-state index in [4.69, 9.17) is 0 Å². The van der Waals surface area contributed by atoms with Gasteiger partial charge in [0.25, 0.3) is 0 Å². The van der Waals surface area contributed by atoms with Gasteiger partial charge < -0.3 is 0 Å². The van der Waals surface area contributed by atoms with E-state index in [9.17, 15) is 4.79 Å². The van der Waals surface area contributed by atoms with Crippen LogP contribution in [0, 0.1) is 11.8 Å². The van der Waals surface area contributed by atoms with Crippen LogP contribution in [0.3, 0.4) is 0 Å². The zero-order valence-corrected chi connectivity index (χ0v) is 11.3. The molecule has 0 aromatic rings. The molecule has 2 unspecified atom stereocenters. The Morgan fingerprint density at radius 2 is 1.18 bits per heavy atom. The number of ketones is 1. The Labute approximate surface area is 106 Å². The summed E-state index contributed by atoms with van der Waals surface area (Å²) in [6.45, 7) is 0. The van der Waals surface area contributed by atoms with Crippen LogP contribution in [0.2, 0.25) is 0 Å². The first kappa shape index (κ1) is 13.1. The number of fused-ring (bicyclic) bond motifs is 1. The fourth-order valence-electron chi connectivity index (χ4n) is 3.73. The number of hydrogen-bond acceptors (Lipinski definition) is 1. The zero-order valence-electron chi connectivity index (χ0n) is 11.3. The molecular formula is C16H28O. The van der Waals surface area contributed by atoms with Gasteiger partial charge in [0.2, 0.25) is 0 Å². The van der Waals surface area contributed by atoms with E-state index in [1.54, 1.807) is 0 Å². The number of rotatable bonds is 0. The van der Waals surface area contributed by atoms with E-state index >= 15 is 0 Å². The van der Waals surface area contributed by atoms with Crippen molar-refractivity contribution >= 4 is 5.78 Å².